The maximum atomic E-state index is 5.95. The smallest absolute Gasteiger partial charge is 0.223 e. The molecular weight excluding hydrogens is 270 g/mol. The largest absolute Gasteiger partial charge is 0.496 e. The number of anilines is 1. The van der Waals surface area contributed by atoms with Gasteiger partial charge in [0.25, 0.3) is 0 Å². The second-order valence-electron chi connectivity index (χ2n) is 3.55. The van der Waals surface area contributed by atoms with Crippen LogP contribution in [0.25, 0.3) is 0 Å². The van der Waals surface area contributed by atoms with Crippen LogP contribution in [0.3, 0.4) is 0 Å². The van der Waals surface area contributed by atoms with E-state index in [2.05, 4.69) is 9.97 Å². The van der Waals surface area contributed by atoms with Crippen molar-refractivity contribution in [1.82, 2.24) is 9.97 Å². The number of methoxy groups -OCH3 is 1. The number of para-hydroxylation sites is 1. The van der Waals surface area contributed by atoms with Crippen LogP contribution in [0.2, 0.25) is 5.28 Å². The Morgan fingerprint density at radius 1 is 1.28 bits per heavy atom. The van der Waals surface area contributed by atoms with Crippen LogP contribution >= 0.6 is 23.4 Å². The molecule has 2 rings (SSSR count). The quantitative estimate of drug-likeness (QED) is 0.691. The van der Waals surface area contributed by atoms with E-state index in [1.165, 1.54) is 11.8 Å². The number of hydrogen-bond donors (Lipinski definition) is 1. The summed E-state index contributed by atoms with van der Waals surface area (Å²) in [5, 5.41) is 0.830. The molecule has 0 aliphatic heterocycles. The molecular formula is C12H12ClN3OS. The summed E-state index contributed by atoms with van der Waals surface area (Å²) < 4.78 is 5.28. The molecule has 94 valence electrons. The zero-order valence-electron chi connectivity index (χ0n) is 9.98. The highest BCUT2D eigenvalue weighted by atomic mass is 35.5. The standard InChI is InChI=1S/C12H12ClN3OS/c1-7-10(14)11(16-12(13)15-7)18-9-6-4-3-5-8(9)17-2/h3-6H,14H2,1-2H3. The van der Waals surface area contributed by atoms with E-state index in [1.54, 1.807) is 14.0 Å². The van der Waals surface area contributed by atoms with Crippen molar-refractivity contribution in [2.75, 3.05) is 12.8 Å². The minimum absolute atomic E-state index is 0.194. The number of rotatable bonds is 3. The van der Waals surface area contributed by atoms with E-state index in [-0.39, 0.29) is 5.28 Å². The van der Waals surface area contributed by atoms with Crippen molar-refractivity contribution in [2.45, 2.75) is 16.8 Å². The lowest BCUT2D eigenvalue weighted by molar-refractivity contribution is 0.405. The summed E-state index contributed by atoms with van der Waals surface area (Å²) in [5.41, 5.74) is 7.16. The van der Waals surface area contributed by atoms with Gasteiger partial charge < -0.3 is 10.5 Å². The summed E-state index contributed by atoms with van der Waals surface area (Å²) in [6.07, 6.45) is 0. The van der Waals surface area contributed by atoms with E-state index in [4.69, 9.17) is 22.1 Å². The second kappa shape index (κ2) is 5.46. The van der Waals surface area contributed by atoms with Crippen LogP contribution in [0.1, 0.15) is 5.69 Å². The van der Waals surface area contributed by atoms with Gasteiger partial charge in [0.15, 0.2) is 0 Å². The van der Waals surface area contributed by atoms with Gasteiger partial charge in [0, 0.05) is 0 Å². The molecule has 4 nitrogen and oxygen atoms in total. The molecule has 2 aromatic rings. The van der Waals surface area contributed by atoms with Gasteiger partial charge in [0.05, 0.1) is 23.4 Å². The average molecular weight is 282 g/mol. The highest BCUT2D eigenvalue weighted by Gasteiger charge is 2.11. The number of nitrogens with zero attached hydrogens (tertiary/aromatic N) is 2. The molecule has 6 heteroatoms. The van der Waals surface area contributed by atoms with Gasteiger partial charge in [-0.1, -0.05) is 23.9 Å². The van der Waals surface area contributed by atoms with Crippen molar-refractivity contribution in [3.63, 3.8) is 0 Å². The fraction of sp³-hybridized carbons (Fsp3) is 0.167. The van der Waals surface area contributed by atoms with Gasteiger partial charge in [0.1, 0.15) is 10.8 Å². The van der Waals surface area contributed by atoms with E-state index >= 15 is 0 Å². The summed E-state index contributed by atoms with van der Waals surface area (Å²) in [6, 6.07) is 7.66. The molecule has 0 radical (unpaired) electrons. The predicted molar refractivity (Wildman–Crippen MR) is 73.3 cm³/mol. The Morgan fingerprint density at radius 3 is 2.72 bits per heavy atom. The van der Waals surface area contributed by atoms with Crippen molar-refractivity contribution in [1.29, 1.82) is 0 Å². The van der Waals surface area contributed by atoms with Gasteiger partial charge >= 0.3 is 0 Å². The van der Waals surface area contributed by atoms with E-state index in [0.29, 0.717) is 16.4 Å². The van der Waals surface area contributed by atoms with Crippen molar-refractivity contribution < 1.29 is 4.74 Å². The number of benzene rings is 1. The van der Waals surface area contributed by atoms with E-state index < -0.39 is 0 Å². The Hall–Kier alpha value is -1.46. The molecule has 0 aliphatic rings. The molecule has 0 fully saturated rings. The first kappa shape index (κ1) is 13.0. The summed E-state index contributed by atoms with van der Waals surface area (Å²) in [7, 11) is 1.63. The highest BCUT2D eigenvalue weighted by molar-refractivity contribution is 7.99. The maximum Gasteiger partial charge on any atom is 0.223 e. The molecule has 0 atom stereocenters. The normalized spacial score (nSPS) is 10.4. The number of nitrogen functional groups attached to an aromatic ring is 1. The van der Waals surface area contributed by atoms with Gasteiger partial charge in [-0.3, -0.25) is 0 Å². The SMILES string of the molecule is COc1ccccc1Sc1nc(Cl)nc(C)c1N. The lowest BCUT2D eigenvalue weighted by Gasteiger charge is -2.09. The Bertz CT molecular complexity index is 577. The third-order valence-corrected chi connectivity index (χ3v) is 3.58. The third-order valence-electron chi connectivity index (χ3n) is 2.35. The minimum Gasteiger partial charge on any atom is -0.496 e. The molecule has 0 saturated carbocycles. The van der Waals surface area contributed by atoms with Crippen molar-refractivity contribution in [3.8, 4) is 5.75 Å². The van der Waals surface area contributed by atoms with Crippen molar-refractivity contribution in [3.05, 3.63) is 35.2 Å². The topological polar surface area (TPSA) is 61.0 Å². The fourth-order valence-electron chi connectivity index (χ4n) is 1.41. The lowest BCUT2D eigenvalue weighted by atomic mass is 10.3. The van der Waals surface area contributed by atoms with Crippen molar-refractivity contribution >= 4 is 29.1 Å². The summed E-state index contributed by atoms with van der Waals surface area (Å²) >= 11 is 7.25. The van der Waals surface area contributed by atoms with Crippen LogP contribution in [-0.2, 0) is 0 Å². The Balaban J connectivity index is 2.40. The zero-order valence-corrected chi connectivity index (χ0v) is 11.5. The second-order valence-corrected chi connectivity index (χ2v) is 4.92. The molecule has 0 saturated heterocycles. The number of aryl methyl sites for hydroxylation is 1. The fourth-order valence-corrected chi connectivity index (χ4v) is 2.67. The average Bonchev–Trinajstić information content (AvgIpc) is 2.36. The highest BCUT2D eigenvalue weighted by Crippen LogP contribution is 2.37. The molecule has 2 N–H and O–H groups in total. The van der Waals surface area contributed by atoms with Crippen LogP contribution in [0.15, 0.2) is 34.2 Å². The number of hydrogen-bond acceptors (Lipinski definition) is 5. The minimum atomic E-state index is 0.194. The van der Waals surface area contributed by atoms with Crippen LogP contribution in [-0.4, -0.2) is 17.1 Å². The van der Waals surface area contributed by atoms with Gasteiger partial charge in [-0.2, -0.15) is 0 Å². The number of ether oxygens (including phenoxy) is 1. The predicted octanol–water partition coefficient (Wildman–Crippen LogP) is 3.18. The molecule has 1 heterocycles. The summed E-state index contributed by atoms with van der Waals surface area (Å²) in [6.45, 7) is 1.80. The molecule has 0 spiro atoms. The first-order chi connectivity index (χ1) is 8.61. The molecule has 0 aliphatic carbocycles. The molecule has 1 aromatic heterocycles. The lowest BCUT2D eigenvalue weighted by Crippen LogP contribution is -1.99. The van der Waals surface area contributed by atoms with Gasteiger partial charge in [-0.25, -0.2) is 9.97 Å². The van der Waals surface area contributed by atoms with Gasteiger partial charge in [0.2, 0.25) is 5.28 Å². The molecule has 1 aromatic carbocycles. The summed E-state index contributed by atoms with van der Waals surface area (Å²) in [5.74, 6) is 0.772. The van der Waals surface area contributed by atoms with Gasteiger partial charge in [-0.15, -0.1) is 0 Å². The van der Waals surface area contributed by atoms with Crippen LogP contribution < -0.4 is 10.5 Å². The Kier molecular flexibility index (Phi) is 3.93. The first-order valence-electron chi connectivity index (χ1n) is 5.22. The molecule has 18 heavy (non-hydrogen) atoms. The first-order valence-corrected chi connectivity index (χ1v) is 6.41. The van der Waals surface area contributed by atoms with Crippen LogP contribution in [0, 0.1) is 6.92 Å². The molecule has 0 unspecified atom stereocenters. The van der Waals surface area contributed by atoms with Crippen LogP contribution in [0.5, 0.6) is 5.75 Å². The maximum absolute atomic E-state index is 5.95. The molecule has 0 bridgehead atoms. The van der Waals surface area contributed by atoms with E-state index in [0.717, 1.165) is 10.6 Å². The summed E-state index contributed by atoms with van der Waals surface area (Å²) in [4.78, 5) is 9.08. The molecule has 0 amide bonds. The zero-order chi connectivity index (χ0) is 13.1. The monoisotopic (exact) mass is 281 g/mol. The van der Waals surface area contributed by atoms with E-state index in [9.17, 15) is 0 Å². The van der Waals surface area contributed by atoms with Gasteiger partial charge in [-0.05, 0) is 30.7 Å². The number of aromatic nitrogens is 2. The Morgan fingerprint density at radius 2 is 2.00 bits per heavy atom. The van der Waals surface area contributed by atoms with Crippen molar-refractivity contribution in [2.24, 2.45) is 0 Å². The third kappa shape index (κ3) is 2.68. The van der Waals surface area contributed by atoms with Crippen LogP contribution in [0.4, 0.5) is 5.69 Å². The number of nitrogens with two attached hydrogens (primary N) is 1. The van der Waals surface area contributed by atoms with E-state index in [1.807, 2.05) is 24.3 Å². The number of halogens is 1. The Labute approximate surface area is 115 Å².